The van der Waals surface area contributed by atoms with Gasteiger partial charge in [-0.25, -0.2) is 4.39 Å². The lowest BCUT2D eigenvalue weighted by Gasteiger charge is -2.43. The SMILES string of the molecule is CC(C)(C)[Si](Oc1cc(F)ccc1B(O)O)(c1ccccc1)c1ccccc1. The lowest BCUT2D eigenvalue weighted by atomic mass is 9.79. The first-order valence-corrected chi connectivity index (χ1v) is 11.1. The monoisotopic (exact) mass is 394 g/mol. The molecule has 0 amide bonds. The summed E-state index contributed by atoms with van der Waals surface area (Å²) in [5, 5.41) is 21.3. The summed E-state index contributed by atoms with van der Waals surface area (Å²) in [7, 11) is -4.73. The molecule has 3 aromatic rings. The summed E-state index contributed by atoms with van der Waals surface area (Å²) in [5.41, 5.74) is 0.148. The standard InChI is InChI=1S/C22H24BFO3Si/c1-22(2,3)28(18-10-6-4-7-11-18,19-12-8-5-9-13-19)27-21-16-17(24)14-15-20(21)23(25)26/h4-16,25-26H,1-3H3. The molecule has 6 heteroatoms. The molecule has 0 aliphatic carbocycles. The van der Waals surface area contributed by atoms with Crippen molar-refractivity contribution in [1.82, 2.24) is 0 Å². The minimum atomic E-state index is -2.98. The van der Waals surface area contributed by atoms with Crippen LogP contribution in [0, 0.1) is 5.82 Å². The van der Waals surface area contributed by atoms with Crippen molar-refractivity contribution in [3.8, 4) is 5.75 Å². The first-order chi connectivity index (χ1) is 13.3. The highest BCUT2D eigenvalue weighted by atomic mass is 28.4. The summed E-state index contributed by atoms with van der Waals surface area (Å²) in [5.74, 6) is -0.332. The highest BCUT2D eigenvalue weighted by molar-refractivity contribution is 7.00. The van der Waals surface area contributed by atoms with Crippen LogP contribution in [0.2, 0.25) is 5.04 Å². The van der Waals surface area contributed by atoms with Crippen LogP contribution in [0.15, 0.2) is 78.9 Å². The van der Waals surface area contributed by atoms with Crippen LogP contribution in [0.25, 0.3) is 0 Å². The maximum atomic E-state index is 14.1. The Balaban J connectivity index is 2.31. The minimum absolute atomic E-state index is 0.148. The molecule has 0 spiro atoms. The molecule has 0 heterocycles. The summed E-state index contributed by atoms with van der Waals surface area (Å²) in [6.07, 6.45) is 0. The third-order valence-electron chi connectivity index (χ3n) is 4.93. The second-order valence-electron chi connectivity index (χ2n) is 7.82. The van der Waals surface area contributed by atoms with Gasteiger partial charge < -0.3 is 14.5 Å². The van der Waals surface area contributed by atoms with Gasteiger partial charge in [0.2, 0.25) is 0 Å². The molecule has 3 nitrogen and oxygen atoms in total. The Morgan fingerprint density at radius 2 is 1.32 bits per heavy atom. The minimum Gasteiger partial charge on any atom is -0.534 e. The van der Waals surface area contributed by atoms with Crippen LogP contribution in [0.5, 0.6) is 5.75 Å². The smallest absolute Gasteiger partial charge is 0.492 e. The molecule has 0 aliphatic rings. The molecule has 0 fully saturated rings. The van der Waals surface area contributed by atoms with E-state index < -0.39 is 21.3 Å². The van der Waals surface area contributed by atoms with E-state index in [4.69, 9.17) is 4.43 Å². The van der Waals surface area contributed by atoms with Gasteiger partial charge in [0.05, 0.1) is 0 Å². The topological polar surface area (TPSA) is 49.7 Å². The van der Waals surface area contributed by atoms with Crippen LogP contribution in [-0.2, 0) is 0 Å². The summed E-state index contributed by atoms with van der Waals surface area (Å²) < 4.78 is 20.8. The highest BCUT2D eigenvalue weighted by Crippen LogP contribution is 2.37. The first-order valence-electron chi connectivity index (χ1n) is 9.21. The predicted octanol–water partition coefficient (Wildman–Crippen LogP) is 2.44. The Kier molecular flexibility index (Phi) is 5.74. The molecule has 0 aromatic heterocycles. The Labute approximate surface area is 166 Å². The third-order valence-corrected chi connectivity index (χ3v) is 9.86. The van der Waals surface area contributed by atoms with Crippen molar-refractivity contribution in [2.75, 3.05) is 0 Å². The average molecular weight is 394 g/mol. The zero-order valence-corrected chi connectivity index (χ0v) is 17.3. The molecular weight excluding hydrogens is 370 g/mol. The molecule has 0 bridgehead atoms. The van der Waals surface area contributed by atoms with E-state index in [-0.39, 0.29) is 16.3 Å². The molecule has 3 aromatic carbocycles. The molecule has 144 valence electrons. The molecule has 0 saturated heterocycles. The fraction of sp³-hybridized carbons (Fsp3) is 0.182. The van der Waals surface area contributed by atoms with E-state index in [1.165, 1.54) is 18.2 Å². The van der Waals surface area contributed by atoms with E-state index in [2.05, 4.69) is 20.8 Å². The third kappa shape index (κ3) is 3.76. The van der Waals surface area contributed by atoms with Crippen molar-refractivity contribution >= 4 is 31.3 Å². The van der Waals surface area contributed by atoms with E-state index in [9.17, 15) is 14.4 Å². The molecule has 0 saturated carbocycles. The van der Waals surface area contributed by atoms with E-state index in [0.717, 1.165) is 10.4 Å². The van der Waals surface area contributed by atoms with Gasteiger partial charge in [0.25, 0.3) is 0 Å². The first kappa shape index (κ1) is 20.3. The molecule has 0 atom stereocenters. The Bertz CT molecular complexity index is 888. The van der Waals surface area contributed by atoms with E-state index in [1.54, 1.807) is 0 Å². The largest absolute Gasteiger partial charge is 0.534 e. The zero-order chi connectivity index (χ0) is 20.4. The van der Waals surface area contributed by atoms with Crippen molar-refractivity contribution in [2.45, 2.75) is 25.8 Å². The number of benzene rings is 3. The zero-order valence-electron chi connectivity index (χ0n) is 16.3. The van der Waals surface area contributed by atoms with E-state index >= 15 is 0 Å². The van der Waals surface area contributed by atoms with Crippen molar-refractivity contribution in [3.05, 3.63) is 84.7 Å². The quantitative estimate of drug-likeness (QED) is 0.654. The fourth-order valence-corrected chi connectivity index (χ4v) is 8.06. The summed E-state index contributed by atoms with van der Waals surface area (Å²) in [6.45, 7) is 6.31. The maximum absolute atomic E-state index is 14.1. The number of hydrogen-bond acceptors (Lipinski definition) is 3. The van der Waals surface area contributed by atoms with Gasteiger partial charge in [0, 0.05) is 11.5 Å². The highest BCUT2D eigenvalue weighted by Gasteiger charge is 2.52. The van der Waals surface area contributed by atoms with E-state index in [0.29, 0.717) is 0 Å². The summed E-state index contributed by atoms with van der Waals surface area (Å²) in [6, 6.07) is 23.6. The van der Waals surface area contributed by atoms with Crippen molar-refractivity contribution < 1.29 is 18.9 Å². The van der Waals surface area contributed by atoms with Gasteiger partial charge in [-0.1, -0.05) is 87.5 Å². The Morgan fingerprint density at radius 3 is 1.75 bits per heavy atom. The van der Waals surface area contributed by atoms with Crippen LogP contribution < -0.4 is 20.3 Å². The Morgan fingerprint density at radius 1 is 0.821 bits per heavy atom. The van der Waals surface area contributed by atoms with Gasteiger partial charge in [-0.05, 0) is 21.5 Å². The molecule has 28 heavy (non-hydrogen) atoms. The van der Waals surface area contributed by atoms with Crippen molar-refractivity contribution in [3.63, 3.8) is 0 Å². The molecule has 0 unspecified atom stereocenters. The van der Waals surface area contributed by atoms with Gasteiger partial charge in [-0.15, -0.1) is 0 Å². The predicted molar refractivity (Wildman–Crippen MR) is 114 cm³/mol. The number of rotatable bonds is 5. The van der Waals surface area contributed by atoms with Crippen LogP contribution in [0.4, 0.5) is 4.39 Å². The van der Waals surface area contributed by atoms with Gasteiger partial charge in [0.1, 0.15) is 11.6 Å². The molecule has 0 radical (unpaired) electrons. The van der Waals surface area contributed by atoms with Gasteiger partial charge in [-0.3, -0.25) is 0 Å². The van der Waals surface area contributed by atoms with Gasteiger partial charge in [-0.2, -0.15) is 0 Å². The lowest BCUT2D eigenvalue weighted by molar-refractivity contribution is 0.422. The summed E-state index contributed by atoms with van der Waals surface area (Å²) >= 11 is 0. The molecular formula is C22H24BFO3Si. The normalized spacial score (nSPS) is 11.9. The molecule has 2 N–H and O–H groups in total. The second-order valence-corrected chi connectivity index (χ2v) is 12.0. The van der Waals surface area contributed by atoms with Crippen LogP contribution in [0.3, 0.4) is 0 Å². The summed E-state index contributed by atoms with van der Waals surface area (Å²) in [4.78, 5) is 0. The molecule has 0 aliphatic heterocycles. The molecule has 3 rings (SSSR count). The number of hydrogen-bond donors (Lipinski definition) is 2. The Hall–Kier alpha value is -2.41. The van der Waals surface area contributed by atoms with Crippen LogP contribution in [-0.4, -0.2) is 25.5 Å². The maximum Gasteiger partial charge on any atom is 0.492 e. The van der Waals surface area contributed by atoms with Gasteiger partial charge >= 0.3 is 15.4 Å². The second kappa shape index (κ2) is 7.91. The average Bonchev–Trinajstić information content (AvgIpc) is 2.66. The van der Waals surface area contributed by atoms with E-state index in [1.807, 2.05) is 60.7 Å². The van der Waals surface area contributed by atoms with Crippen LogP contribution in [0.1, 0.15) is 20.8 Å². The van der Waals surface area contributed by atoms with Crippen molar-refractivity contribution in [2.24, 2.45) is 0 Å². The lowest BCUT2D eigenvalue weighted by Crippen LogP contribution is -2.69. The van der Waals surface area contributed by atoms with Gasteiger partial charge in [0.15, 0.2) is 0 Å². The number of halogens is 1. The fourth-order valence-electron chi connectivity index (χ4n) is 3.62. The van der Waals surface area contributed by atoms with Crippen molar-refractivity contribution in [1.29, 1.82) is 0 Å². The van der Waals surface area contributed by atoms with Crippen LogP contribution >= 0.6 is 0 Å².